The molecule has 2 N–H and O–H groups in total. The van der Waals surface area contributed by atoms with E-state index in [-0.39, 0.29) is 27.1 Å². The molecule has 43 heavy (non-hydrogen) atoms. The van der Waals surface area contributed by atoms with Crippen LogP contribution in [0, 0.1) is 13.8 Å². The summed E-state index contributed by atoms with van der Waals surface area (Å²) in [6.45, 7) is 3.69. The Labute approximate surface area is 251 Å². The molecule has 1 aliphatic heterocycles. The summed E-state index contributed by atoms with van der Waals surface area (Å²) in [6.07, 6.45) is 0. The van der Waals surface area contributed by atoms with E-state index < -0.39 is 29.5 Å². The van der Waals surface area contributed by atoms with Crippen molar-refractivity contribution < 1.29 is 38.8 Å². The highest BCUT2D eigenvalue weighted by molar-refractivity contribution is 7.17. The molecule has 2 heterocycles. The molecule has 1 aliphatic rings. The van der Waals surface area contributed by atoms with Gasteiger partial charge < -0.3 is 24.4 Å². The number of anilines is 1. The molecular formula is C32H28N2O8S. The number of thiazole rings is 1. The van der Waals surface area contributed by atoms with E-state index >= 15 is 0 Å². The van der Waals surface area contributed by atoms with Crippen LogP contribution >= 0.6 is 11.3 Å². The van der Waals surface area contributed by atoms with Crippen LogP contribution in [0.4, 0.5) is 5.13 Å². The van der Waals surface area contributed by atoms with Crippen molar-refractivity contribution in [3.05, 3.63) is 105 Å². The average Bonchev–Trinajstić information content (AvgIpc) is 3.52. The van der Waals surface area contributed by atoms with Gasteiger partial charge in [0.15, 0.2) is 16.6 Å². The predicted octanol–water partition coefficient (Wildman–Crippen LogP) is 5.47. The zero-order valence-electron chi connectivity index (χ0n) is 23.8. The van der Waals surface area contributed by atoms with Crippen molar-refractivity contribution in [1.82, 2.24) is 4.98 Å². The fourth-order valence-electron chi connectivity index (χ4n) is 4.85. The largest absolute Gasteiger partial charge is 0.507 e. The molecule has 1 aromatic heterocycles. The van der Waals surface area contributed by atoms with Crippen LogP contribution in [0.15, 0.2) is 72.3 Å². The number of aromatic hydroxyl groups is 1. The Bertz CT molecular complexity index is 1760. The van der Waals surface area contributed by atoms with Crippen LogP contribution in [0.25, 0.3) is 5.76 Å². The van der Waals surface area contributed by atoms with Crippen LogP contribution in [0.1, 0.15) is 43.7 Å². The molecule has 10 nitrogen and oxygen atoms in total. The lowest BCUT2D eigenvalue weighted by Gasteiger charge is -2.23. The molecule has 5 rings (SSSR count). The second-order valence-electron chi connectivity index (χ2n) is 9.75. The maximum absolute atomic E-state index is 13.6. The van der Waals surface area contributed by atoms with Crippen molar-refractivity contribution in [3.63, 3.8) is 0 Å². The number of benzene rings is 3. The molecule has 11 heteroatoms. The third-order valence-corrected chi connectivity index (χ3v) is 8.16. The Morgan fingerprint density at radius 1 is 1.02 bits per heavy atom. The quantitative estimate of drug-likeness (QED) is 0.117. The molecule has 1 fully saturated rings. The normalized spacial score (nSPS) is 15.9. The van der Waals surface area contributed by atoms with Gasteiger partial charge in [0.25, 0.3) is 5.78 Å². The van der Waals surface area contributed by atoms with Gasteiger partial charge in [0.05, 0.1) is 31.5 Å². The van der Waals surface area contributed by atoms with Gasteiger partial charge in [0.1, 0.15) is 23.0 Å². The minimum atomic E-state index is -1.15. The van der Waals surface area contributed by atoms with Crippen LogP contribution in [0.2, 0.25) is 0 Å². The van der Waals surface area contributed by atoms with Gasteiger partial charge in [-0.1, -0.05) is 47.7 Å². The van der Waals surface area contributed by atoms with E-state index in [0.717, 1.165) is 21.8 Å². The molecular weight excluding hydrogens is 572 g/mol. The van der Waals surface area contributed by atoms with Crippen LogP contribution in [0.3, 0.4) is 0 Å². The molecule has 0 bridgehead atoms. The fraction of sp³-hybridized carbons (Fsp3) is 0.188. The number of Topliss-reactive ketones (excluding diaryl/α,β-unsaturated/α-hetero) is 1. The monoisotopic (exact) mass is 600 g/mol. The van der Waals surface area contributed by atoms with E-state index in [0.29, 0.717) is 34.7 Å². The summed E-state index contributed by atoms with van der Waals surface area (Å²) >= 11 is 0.891. The summed E-state index contributed by atoms with van der Waals surface area (Å²) in [5, 5.41) is 21.9. The van der Waals surface area contributed by atoms with E-state index in [1.807, 2.05) is 30.3 Å². The number of carbonyl (C=O) groups excluding carboxylic acids is 3. The van der Waals surface area contributed by atoms with Crippen molar-refractivity contribution in [3.8, 4) is 17.2 Å². The van der Waals surface area contributed by atoms with Crippen molar-refractivity contribution in [1.29, 1.82) is 0 Å². The number of ketones is 1. The van der Waals surface area contributed by atoms with Gasteiger partial charge in [-0.25, -0.2) is 9.78 Å². The van der Waals surface area contributed by atoms with E-state index in [4.69, 9.17) is 14.2 Å². The Kier molecular flexibility index (Phi) is 8.18. The predicted molar refractivity (Wildman–Crippen MR) is 160 cm³/mol. The molecule has 1 saturated heterocycles. The number of aryl methyl sites for hydroxylation is 2. The third kappa shape index (κ3) is 5.54. The SMILES string of the molecule is COC(=O)c1sc(N2C(=O)C(=O)/C(=C(\O)c3ccc(OCc4ccccc4)cc3C)C2c2ccc(O)c(OC)c2)nc1C. The Morgan fingerprint density at radius 2 is 1.77 bits per heavy atom. The van der Waals surface area contributed by atoms with E-state index in [1.54, 1.807) is 32.0 Å². The first-order valence-electron chi connectivity index (χ1n) is 13.2. The number of methoxy groups -OCH3 is 2. The van der Waals surface area contributed by atoms with Crippen molar-refractivity contribution in [2.45, 2.75) is 26.5 Å². The highest BCUT2D eigenvalue weighted by atomic mass is 32.1. The second kappa shape index (κ2) is 12.0. The first-order valence-corrected chi connectivity index (χ1v) is 14.0. The molecule has 0 aliphatic carbocycles. The number of carbonyl (C=O) groups is 3. The molecule has 220 valence electrons. The summed E-state index contributed by atoms with van der Waals surface area (Å²) in [4.78, 5) is 45.2. The third-order valence-electron chi connectivity index (χ3n) is 7.03. The number of ether oxygens (including phenoxy) is 3. The number of phenols is 1. The van der Waals surface area contributed by atoms with E-state index in [9.17, 15) is 24.6 Å². The highest BCUT2D eigenvalue weighted by Gasteiger charge is 2.48. The van der Waals surface area contributed by atoms with Gasteiger partial charge in [-0.3, -0.25) is 14.5 Å². The summed E-state index contributed by atoms with van der Waals surface area (Å²) < 4.78 is 16.0. The molecule has 1 amide bonds. The van der Waals surface area contributed by atoms with Gasteiger partial charge in [-0.05, 0) is 60.9 Å². The second-order valence-corrected chi connectivity index (χ2v) is 10.7. The topological polar surface area (TPSA) is 135 Å². The van der Waals surface area contributed by atoms with E-state index in [1.165, 1.54) is 32.4 Å². The number of amides is 1. The van der Waals surface area contributed by atoms with Gasteiger partial charge >= 0.3 is 11.9 Å². The minimum absolute atomic E-state index is 0.0671. The zero-order chi connectivity index (χ0) is 30.8. The standard InChI is InChI=1S/C32H28N2O8S/c1-17-14-21(42-16-19-8-6-5-7-9-19)11-12-22(17)27(36)25-26(20-10-13-23(35)24(15-20)40-3)34(30(38)28(25)37)32-33-18(2)29(43-32)31(39)41-4/h5-15,26,35-36H,16H2,1-4H3/b27-25-. The zero-order valence-corrected chi connectivity index (χ0v) is 24.6. The molecule has 0 spiro atoms. The number of nitrogens with zero attached hydrogens (tertiary/aromatic N) is 2. The van der Waals surface area contributed by atoms with Gasteiger partial charge in [-0.15, -0.1) is 0 Å². The number of esters is 1. The van der Waals surface area contributed by atoms with Gasteiger partial charge in [-0.2, -0.15) is 0 Å². The van der Waals surface area contributed by atoms with Crippen molar-refractivity contribution >= 4 is 39.9 Å². The first-order chi connectivity index (χ1) is 20.6. The van der Waals surface area contributed by atoms with Gasteiger partial charge in [0.2, 0.25) is 0 Å². The maximum Gasteiger partial charge on any atom is 0.350 e. The number of hydrogen-bond acceptors (Lipinski definition) is 10. The lowest BCUT2D eigenvalue weighted by atomic mass is 9.93. The highest BCUT2D eigenvalue weighted by Crippen LogP contribution is 2.45. The summed E-state index contributed by atoms with van der Waals surface area (Å²) in [6, 6.07) is 17.9. The Morgan fingerprint density at radius 3 is 2.44 bits per heavy atom. The number of phenolic OH excluding ortho intramolecular Hbond substituents is 1. The Balaban J connectivity index is 1.61. The molecule has 0 saturated carbocycles. The van der Waals surface area contributed by atoms with Crippen LogP contribution in [-0.2, 0) is 20.9 Å². The fourth-order valence-corrected chi connectivity index (χ4v) is 5.87. The maximum atomic E-state index is 13.6. The van der Waals surface area contributed by atoms with E-state index in [2.05, 4.69) is 4.98 Å². The average molecular weight is 601 g/mol. The van der Waals surface area contributed by atoms with Gasteiger partial charge in [0, 0.05) is 5.56 Å². The lowest BCUT2D eigenvalue weighted by Crippen LogP contribution is -2.29. The molecule has 4 aromatic rings. The van der Waals surface area contributed by atoms with Crippen molar-refractivity contribution in [2.75, 3.05) is 19.1 Å². The summed E-state index contributed by atoms with van der Waals surface area (Å²) in [5.74, 6) is -2.40. The van der Waals surface area contributed by atoms with Crippen LogP contribution < -0.4 is 14.4 Å². The number of rotatable bonds is 8. The molecule has 1 atom stereocenters. The minimum Gasteiger partial charge on any atom is -0.507 e. The smallest absolute Gasteiger partial charge is 0.350 e. The number of aromatic nitrogens is 1. The number of aliphatic hydroxyl groups is 1. The molecule has 3 aromatic carbocycles. The summed E-state index contributed by atoms with van der Waals surface area (Å²) in [7, 11) is 2.60. The van der Waals surface area contributed by atoms with Crippen LogP contribution in [0.5, 0.6) is 17.2 Å². The van der Waals surface area contributed by atoms with Crippen molar-refractivity contribution in [2.24, 2.45) is 0 Å². The number of aliphatic hydroxyl groups excluding tert-OH is 1. The molecule has 1 unspecified atom stereocenters. The Hall–Kier alpha value is -5.16. The number of hydrogen-bond donors (Lipinski definition) is 2. The molecule has 0 radical (unpaired) electrons. The first kappa shape index (κ1) is 29.3. The summed E-state index contributed by atoms with van der Waals surface area (Å²) in [5.41, 5.74) is 2.41. The lowest BCUT2D eigenvalue weighted by molar-refractivity contribution is -0.132. The van der Waals surface area contributed by atoms with Crippen LogP contribution in [-0.4, -0.2) is 47.1 Å².